The third-order valence-corrected chi connectivity index (χ3v) is 11.5. The monoisotopic (exact) mass is 787 g/mol. The summed E-state index contributed by atoms with van der Waals surface area (Å²) < 4.78 is 8.59. The standard InChI is InChI=1S/C48H57N3O7/c1-8-10-15-35(9-2)28-50-46-23-20-37(45(49-57-33(6)53)25-31(4)51(32(5)52)58-34(7)54)26-42(46)43-27-44(40-18-13-14-19-41(40)47(43)50)48(55)39-22-21-38(24-30(39)3)56-29-36-16-11-12-17-36/h13-14,18-24,26-27,31,35-36H,8-12,15-17,25,28-29H2,1-7H3/b49-45-. The number of rotatable bonds is 16. The summed E-state index contributed by atoms with van der Waals surface area (Å²) in [5.74, 6) is 0.0709. The highest BCUT2D eigenvalue weighted by Crippen LogP contribution is 2.39. The SMILES string of the molecule is CCCCC(CC)Cn1c2ccc(/C(CC(C)N(OC(C)=O)C(C)=O)=N\OC(C)=O)cc2c2cc(C(=O)c3ccc(OCC4CCCC4)cc3C)c3ccccc3c21. The number of amides is 1. The van der Waals surface area contributed by atoms with Gasteiger partial charge in [-0.05, 0) is 92.3 Å². The van der Waals surface area contributed by atoms with Gasteiger partial charge >= 0.3 is 11.9 Å². The van der Waals surface area contributed by atoms with Crippen molar-refractivity contribution >= 4 is 61.9 Å². The summed E-state index contributed by atoms with van der Waals surface area (Å²) >= 11 is 0. The molecule has 0 saturated heterocycles. The molecule has 4 aromatic carbocycles. The van der Waals surface area contributed by atoms with Crippen LogP contribution < -0.4 is 4.74 Å². The maximum Gasteiger partial charge on any atom is 0.331 e. The predicted octanol–water partition coefficient (Wildman–Crippen LogP) is 10.6. The van der Waals surface area contributed by atoms with E-state index < -0.39 is 23.9 Å². The number of aromatic nitrogens is 1. The zero-order chi connectivity index (χ0) is 41.5. The molecule has 10 nitrogen and oxygen atoms in total. The van der Waals surface area contributed by atoms with Crippen molar-refractivity contribution in [3.63, 3.8) is 0 Å². The number of hydrogen-bond acceptors (Lipinski definition) is 8. The topological polar surface area (TPSA) is 116 Å². The molecule has 2 atom stereocenters. The number of hydrogen-bond donors (Lipinski definition) is 0. The molecule has 10 heteroatoms. The molecule has 58 heavy (non-hydrogen) atoms. The summed E-state index contributed by atoms with van der Waals surface area (Å²) in [5, 5.41) is 8.96. The second kappa shape index (κ2) is 18.8. The molecule has 1 saturated carbocycles. The van der Waals surface area contributed by atoms with Crippen LogP contribution in [0.2, 0.25) is 0 Å². The molecule has 1 aromatic heterocycles. The number of unbranched alkanes of at least 4 members (excludes halogenated alkanes) is 1. The Morgan fingerprint density at radius 3 is 2.26 bits per heavy atom. The second-order valence-electron chi connectivity index (χ2n) is 16.0. The van der Waals surface area contributed by atoms with Gasteiger partial charge in [0.05, 0.1) is 23.9 Å². The van der Waals surface area contributed by atoms with Crippen LogP contribution in [-0.4, -0.2) is 51.6 Å². The van der Waals surface area contributed by atoms with Crippen molar-refractivity contribution in [3.8, 4) is 5.75 Å². The lowest BCUT2D eigenvalue weighted by Crippen LogP contribution is -2.39. The van der Waals surface area contributed by atoms with Gasteiger partial charge in [0.25, 0.3) is 5.91 Å². The summed E-state index contributed by atoms with van der Waals surface area (Å²) in [6, 6.07) is 21.3. The Bertz CT molecular complexity index is 2350. The Hall–Kier alpha value is -5.51. The van der Waals surface area contributed by atoms with Crippen molar-refractivity contribution in [1.29, 1.82) is 0 Å². The predicted molar refractivity (Wildman–Crippen MR) is 229 cm³/mol. The Labute approximate surface area is 341 Å². The summed E-state index contributed by atoms with van der Waals surface area (Å²) in [4.78, 5) is 61.6. The van der Waals surface area contributed by atoms with E-state index in [0.29, 0.717) is 40.8 Å². The fourth-order valence-electron chi connectivity index (χ4n) is 8.51. The van der Waals surface area contributed by atoms with Gasteiger partial charge in [-0.2, -0.15) is 5.06 Å². The summed E-state index contributed by atoms with van der Waals surface area (Å²) in [7, 11) is 0. The van der Waals surface area contributed by atoms with Crippen LogP contribution in [0.3, 0.4) is 0 Å². The number of ketones is 1. The maximum absolute atomic E-state index is 14.7. The van der Waals surface area contributed by atoms with E-state index in [9.17, 15) is 19.2 Å². The molecule has 1 amide bonds. The minimum absolute atomic E-state index is 0.0647. The number of nitrogens with zero attached hydrogens (tertiary/aromatic N) is 3. The lowest BCUT2D eigenvalue weighted by atomic mass is 9.92. The molecule has 1 aliphatic carbocycles. The van der Waals surface area contributed by atoms with E-state index in [2.05, 4.69) is 35.7 Å². The zero-order valence-corrected chi connectivity index (χ0v) is 35.1. The molecule has 6 rings (SSSR count). The number of hydroxylamine groups is 2. The van der Waals surface area contributed by atoms with Crippen molar-refractivity contribution < 1.29 is 33.6 Å². The van der Waals surface area contributed by atoms with Crippen LogP contribution in [0.4, 0.5) is 0 Å². The van der Waals surface area contributed by atoms with E-state index in [1.54, 1.807) is 6.92 Å². The number of benzene rings is 4. The van der Waals surface area contributed by atoms with Crippen LogP contribution in [0.5, 0.6) is 5.75 Å². The average molecular weight is 788 g/mol. The minimum Gasteiger partial charge on any atom is -0.493 e. The summed E-state index contributed by atoms with van der Waals surface area (Å²) in [6.07, 6.45) is 9.44. The number of oxime groups is 1. The van der Waals surface area contributed by atoms with Gasteiger partial charge in [-0.25, -0.2) is 4.79 Å². The largest absolute Gasteiger partial charge is 0.493 e. The normalized spacial score (nSPS) is 14.5. The molecule has 2 unspecified atom stereocenters. The van der Waals surface area contributed by atoms with Gasteiger partial charge in [0, 0.05) is 72.1 Å². The first-order valence-corrected chi connectivity index (χ1v) is 20.9. The number of carbonyl (C=O) groups is 4. The smallest absolute Gasteiger partial charge is 0.331 e. The van der Waals surface area contributed by atoms with E-state index in [4.69, 9.17) is 14.4 Å². The summed E-state index contributed by atoms with van der Waals surface area (Å²) in [5.41, 5.74) is 5.20. The second-order valence-corrected chi connectivity index (χ2v) is 16.0. The molecular weight excluding hydrogens is 731 g/mol. The van der Waals surface area contributed by atoms with Crippen LogP contribution in [0.15, 0.2) is 71.9 Å². The Balaban J connectivity index is 1.51. The van der Waals surface area contributed by atoms with Crippen LogP contribution in [0, 0.1) is 18.8 Å². The fourth-order valence-corrected chi connectivity index (χ4v) is 8.51. The Morgan fingerprint density at radius 2 is 1.60 bits per heavy atom. The molecule has 306 valence electrons. The first-order chi connectivity index (χ1) is 27.9. The van der Waals surface area contributed by atoms with Gasteiger partial charge in [-0.3, -0.25) is 14.4 Å². The Kier molecular flexibility index (Phi) is 13.7. The molecule has 0 aliphatic heterocycles. The van der Waals surface area contributed by atoms with Gasteiger partial charge in [0.15, 0.2) is 5.78 Å². The van der Waals surface area contributed by atoms with Gasteiger partial charge < -0.3 is 19.0 Å². The fraction of sp³-hybridized carbons (Fsp3) is 0.438. The molecule has 5 aromatic rings. The number of ether oxygens (including phenoxy) is 1. The van der Waals surface area contributed by atoms with Gasteiger partial charge in [0.1, 0.15) is 5.75 Å². The van der Waals surface area contributed by atoms with Crippen molar-refractivity contribution in [3.05, 3.63) is 89.0 Å². The lowest BCUT2D eigenvalue weighted by molar-refractivity contribution is -0.202. The van der Waals surface area contributed by atoms with E-state index in [1.165, 1.54) is 46.5 Å². The molecular formula is C48H57N3O7. The highest BCUT2D eigenvalue weighted by atomic mass is 16.7. The third-order valence-electron chi connectivity index (χ3n) is 11.5. The molecule has 0 bridgehead atoms. The number of aryl methyl sites for hydroxylation is 1. The lowest BCUT2D eigenvalue weighted by Gasteiger charge is -2.26. The van der Waals surface area contributed by atoms with Crippen LogP contribution in [0.25, 0.3) is 32.6 Å². The van der Waals surface area contributed by atoms with E-state index in [1.807, 2.05) is 61.5 Å². The number of fused-ring (bicyclic) bond motifs is 5. The molecule has 0 N–H and O–H groups in total. The zero-order valence-electron chi connectivity index (χ0n) is 35.1. The number of carbonyl (C=O) groups excluding carboxylic acids is 4. The molecule has 0 radical (unpaired) electrons. The van der Waals surface area contributed by atoms with Gasteiger partial charge in [-0.15, -0.1) is 0 Å². The van der Waals surface area contributed by atoms with Crippen molar-refractivity contribution in [2.24, 2.45) is 17.0 Å². The molecule has 1 fully saturated rings. The first-order valence-electron chi connectivity index (χ1n) is 20.9. The first kappa shape index (κ1) is 42.1. The van der Waals surface area contributed by atoms with E-state index in [0.717, 1.165) is 81.2 Å². The maximum atomic E-state index is 14.7. The van der Waals surface area contributed by atoms with E-state index in [-0.39, 0.29) is 12.2 Å². The molecule has 0 spiro atoms. The van der Waals surface area contributed by atoms with Crippen molar-refractivity contribution in [2.45, 2.75) is 119 Å². The Morgan fingerprint density at radius 1 is 0.862 bits per heavy atom. The highest BCUT2D eigenvalue weighted by Gasteiger charge is 2.26. The molecule has 1 aliphatic rings. The van der Waals surface area contributed by atoms with Gasteiger partial charge in [0.2, 0.25) is 0 Å². The highest BCUT2D eigenvalue weighted by molar-refractivity contribution is 6.26. The minimum atomic E-state index is -0.632. The van der Waals surface area contributed by atoms with Crippen molar-refractivity contribution in [1.82, 2.24) is 9.63 Å². The van der Waals surface area contributed by atoms with Crippen LogP contribution in [-0.2, 0) is 30.6 Å². The quantitative estimate of drug-likeness (QED) is 0.0423. The van der Waals surface area contributed by atoms with Crippen molar-refractivity contribution in [2.75, 3.05) is 6.61 Å². The third kappa shape index (κ3) is 9.43. The molecule has 1 heterocycles. The van der Waals surface area contributed by atoms with Crippen LogP contribution >= 0.6 is 0 Å². The van der Waals surface area contributed by atoms with Crippen LogP contribution in [0.1, 0.15) is 126 Å². The van der Waals surface area contributed by atoms with E-state index >= 15 is 0 Å². The summed E-state index contributed by atoms with van der Waals surface area (Å²) in [6.45, 7) is 13.5. The average Bonchev–Trinajstić information content (AvgIpc) is 3.84. The van der Waals surface area contributed by atoms with Gasteiger partial charge in [-0.1, -0.05) is 81.4 Å².